The highest BCUT2D eigenvalue weighted by Gasteiger charge is 2.39. The molecule has 3 fully saturated rings. The van der Waals surface area contributed by atoms with Crippen LogP contribution in [0.2, 0.25) is 0 Å². The molecule has 1 saturated heterocycles. The number of nitrogens with one attached hydrogen (secondary N) is 1. The molecule has 1 aliphatic heterocycles. The maximum atomic E-state index is 13.2. The Balaban J connectivity index is 1.60. The highest BCUT2D eigenvalue weighted by molar-refractivity contribution is 5.97. The summed E-state index contributed by atoms with van der Waals surface area (Å²) in [6.07, 6.45) is 9.09. The minimum Gasteiger partial charge on any atom is -0.446 e. The van der Waals surface area contributed by atoms with Gasteiger partial charge in [-0.15, -0.1) is 0 Å². The second kappa shape index (κ2) is 10.7. The van der Waals surface area contributed by atoms with Gasteiger partial charge in [0.25, 0.3) is 5.91 Å². The normalized spacial score (nSPS) is 23.4. The van der Waals surface area contributed by atoms with Crippen molar-refractivity contribution >= 4 is 24.3 Å². The van der Waals surface area contributed by atoms with Crippen molar-refractivity contribution in [3.63, 3.8) is 0 Å². The summed E-state index contributed by atoms with van der Waals surface area (Å²) in [5.41, 5.74) is 0. The number of imide groups is 1. The van der Waals surface area contributed by atoms with Gasteiger partial charge in [0.1, 0.15) is 12.1 Å². The molecule has 9 heteroatoms. The van der Waals surface area contributed by atoms with Crippen LogP contribution < -0.4 is 5.32 Å². The molecule has 0 radical (unpaired) electrons. The second-order valence-corrected chi connectivity index (χ2v) is 8.80. The third-order valence-corrected chi connectivity index (χ3v) is 6.61. The van der Waals surface area contributed by atoms with Gasteiger partial charge in [-0.2, -0.15) is 0 Å². The van der Waals surface area contributed by atoms with Crippen LogP contribution in [0.25, 0.3) is 0 Å². The molecule has 3 rings (SSSR count). The number of nitrogens with zero attached hydrogens (tertiary/aromatic N) is 2. The molecule has 2 aliphatic carbocycles. The fourth-order valence-corrected chi connectivity index (χ4v) is 5.08. The van der Waals surface area contributed by atoms with Crippen LogP contribution in [0, 0.1) is 11.8 Å². The minimum atomic E-state index is -0.754. The van der Waals surface area contributed by atoms with E-state index in [1.165, 1.54) is 4.90 Å². The van der Waals surface area contributed by atoms with Crippen LogP contribution >= 0.6 is 0 Å². The van der Waals surface area contributed by atoms with Crippen LogP contribution in [0.5, 0.6) is 0 Å². The molecule has 1 heterocycles. The van der Waals surface area contributed by atoms with Gasteiger partial charge >= 0.3 is 6.09 Å². The lowest BCUT2D eigenvalue weighted by atomic mass is 9.91. The zero-order valence-corrected chi connectivity index (χ0v) is 17.5. The van der Waals surface area contributed by atoms with Crippen molar-refractivity contribution < 1.29 is 29.1 Å². The van der Waals surface area contributed by atoms with Gasteiger partial charge in [0.05, 0.1) is 12.5 Å². The Labute approximate surface area is 177 Å². The topological polar surface area (TPSA) is 116 Å². The molecule has 0 spiro atoms. The van der Waals surface area contributed by atoms with Gasteiger partial charge in [-0.1, -0.05) is 25.7 Å². The molecule has 0 aromatic carbocycles. The summed E-state index contributed by atoms with van der Waals surface area (Å²) in [7, 11) is 0. The van der Waals surface area contributed by atoms with E-state index in [1.54, 1.807) is 0 Å². The average molecular weight is 424 g/mol. The second-order valence-electron chi connectivity index (χ2n) is 8.80. The molecule has 0 aromatic heterocycles. The number of amides is 4. The predicted molar refractivity (Wildman–Crippen MR) is 106 cm³/mol. The molecule has 2 N–H and O–H groups in total. The first-order valence-corrected chi connectivity index (χ1v) is 11.2. The number of likely N-dealkylation sites (tertiary alicyclic amines) is 1. The van der Waals surface area contributed by atoms with Crippen LogP contribution in [0.15, 0.2) is 0 Å². The van der Waals surface area contributed by atoms with Crippen molar-refractivity contribution in [2.75, 3.05) is 13.1 Å². The van der Waals surface area contributed by atoms with E-state index in [2.05, 4.69) is 5.32 Å². The average Bonchev–Trinajstić information content (AvgIpc) is 3.48. The Morgan fingerprint density at radius 1 is 1.07 bits per heavy atom. The molecular weight excluding hydrogens is 390 g/mol. The van der Waals surface area contributed by atoms with E-state index in [9.17, 15) is 24.4 Å². The standard InChI is InChI=1S/C21H33N3O6/c25-14-23(29)13-16(12-15-6-1-2-7-15)20(27)24-11-5-10-18(24)19(26)22-21(28)30-17-8-3-4-9-17/h14-18,29H,1-13H2,(H,22,26,28)/t16-,18+/m1/s1. The molecular formula is C21H33N3O6. The van der Waals surface area contributed by atoms with E-state index < -0.39 is 24.0 Å². The first kappa shape index (κ1) is 22.5. The fourth-order valence-electron chi connectivity index (χ4n) is 5.08. The predicted octanol–water partition coefficient (Wildman–Crippen LogP) is 2.22. The van der Waals surface area contributed by atoms with Crippen molar-refractivity contribution in [3.8, 4) is 0 Å². The Morgan fingerprint density at radius 3 is 2.40 bits per heavy atom. The monoisotopic (exact) mass is 423 g/mol. The molecule has 0 bridgehead atoms. The third-order valence-electron chi connectivity index (χ3n) is 6.61. The Kier molecular flexibility index (Phi) is 8.07. The number of hydrogen-bond acceptors (Lipinski definition) is 6. The number of hydroxylamine groups is 2. The summed E-state index contributed by atoms with van der Waals surface area (Å²) in [5, 5.41) is 12.5. The van der Waals surface area contributed by atoms with Gasteiger partial charge in [-0.25, -0.2) is 9.86 Å². The summed E-state index contributed by atoms with van der Waals surface area (Å²) < 4.78 is 5.29. The van der Waals surface area contributed by atoms with Crippen LogP contribution in [0.3, 0.4) is 0 Å². The summed E-state index contributed by atoms with van der Waals surface area (Å²) in [5.74, 6) is -0.957. The number of hydrogen-bond donors (Lipinski definition) is 2. The molecule has 3 aliphatic rings. The Bertz CT molecular complexity index is 630. The van der Waals surface area contributed by atoms with Crippen molar-refractivity contribution in [3.05, 3.63) is 0 Å². The van der Waals surface area contributed by atoms with Crippen LogP contribution in [0.1, 0.15) is 70.6 Å². The van der Waals surface area contributed by atoms with E-state index in [0.29, 0.717) is 43.2 Å². The van der Waals surface area contributed by atoms with E-state index in [0.717, 1.165) is 51.4 Å². The first-order chi connectivity index (χ1) is 14.5. The number of alkyl carbamates (subject to hydrolysis) is 1. The zero-order chi connectivity index (χ0) is 21.5. The molecule has 0 unspecified atom stereocenters. The van der Waals surface area contributed by atoms with Crippen molar-refractivity contribution in [2.24, 2.45) is 11.8 Å². The molecule has 168 valence electrons. The number of rotatable bonds is 8. The highest BCUT2D eigenvalue weighted by Crippen LogP contribution is 2.32. The summed E-state index contributed by atoms with van der Waals surface area (Å²) in [6, 6.07) is -0.733. The lowest BCUT2D eigenvalue weighted by Crippen LogP contribution is -2.50. The van der Waals surface area contributed by atoms with E-state index >= 15 is 0 Å². The van der Waals surface area contributed by atoms with Gasteiger partial charge in [0.15, 0.2) is 0 Å². The third kappa shape index (κ3) is 5.93. The van der Waals surface area contributed by atoms with Crippen LogP contribution in [-0.4, -0.2) is 64.7 Å². The van der Waals surface area contributed by atoms with Gasteiger partial charge in [0.2, 0.25) is 12.3 Å². The Morgan fingerprint density at radius 2 is 1.73 bits per heavy atom. The number of carbonyl (C=O) groups excluding carboxylic acids is 4. The highest BCUT2D eigenvalue weighted by atomic mass is 16.6. The SMILES string of the molecule is O=CN(O)C[C@@H](CC1CCCC1)C(=O)N1CCC[C@H]1C(=O)NC(=O)OC1CCCC1. The molecule has 4 amide bonds. The first-order valence-electron chi connectivity index (χ1n) is 11.2. The lowest BCUT2D eigenvalue weighted by molar-refractivity contribution is -0.158. The van der Waals surface area contributed by atoms with Crippen molar-refractivity contribution in [2.45, 2.75) is 82.8 Å². The zero-order valence-electron chi connectivity index (χ0n) is 17.5. The van der Waals surface area contributed by atoms with Crippen LogP contribution in [0.4, 0.5) is 4.79 Å². The van der Waals surface area contributed by atoms with Gasteiger partial charge in [0, 0.05) is 6.54 Å². The van der Waals surface area contributed by atoms with Crippen LogP contribution in [-0.2, 0) is 19.1 Å². The maximum absolute atomic E-state index is 13.2. The Hall–Kier alpha value is -2.16. The molecule has 2 atom stereocenters. The number of ether oxygens (including phenoxy) is 1. The summed E-state index contributed by atoms with van der Waals surface area (Å²) >= 11 is 0. The van der Waals surface area contributed by atoms with E-state index in [1.807, 2.05) is 0 Å². The van der Waals surface area contributed by atoms with Gasteiger partial charge < -0.3 is 9.64 Å². The van der Waals surface area contributed by atoms with E-state index in [-0.39, 0.29) is 18.6 Å². The summed E-state index contributed by atoms with van der Waals surface area (Å²) in [4.78, 5) is 50.4. The smallest absolute Gasteiger partial charge is 0.414 e. The van der Waals surface area contributed by atoms with E-state index in [4.69, 9.17) is 4.74 Å². The van der Waals surface area contributed by atoms with Crippen molar-refractivity contribution in [1.29, 1.82) is 0 Å². The largest absolute Gasteiger partial charge is 0.446 e. The molecule has 30 heavy (non-hydrogen) atoms. The number of carbonyl (C=O) groups is 4. The molecule has 9 nitrogen and oxygen atoms in total. The van der Waals surface area contributed by atoms with Gasteiger partial charge in [-0.05, 0) is 50.9 Å². The minimum absolute atomic E-state index is 0.0899. The quantitative estimate of drug-likeness (QED) is 0.351. The maximum Gasteiger partial charge on any atom is 0.414 e. The van der Waals surface area contributed by atoms with Crippen molar-refractivity contribution in [1.82, 2.24) is 15.3 Å². The summed E-state index contributed by atoms with van der Waals surface area (Å²) in [6.45, 7) is 0.329. The molecule has 0 aromatic rings. The fraction of sp³-hybridized carbons (Fsp3) is 0.810. The van der Waals surface area contributed by atoms with Gasteiger partial charge in [-0.3, -0.25) is 24.9 Å². The lowest BCUT2D eigenvalue weighted by Gasteiger charge is -2.30. The molecule has 2 saturated carbocycles.